The third kappa shape index (κ3) is 8.23. The Balaban J connectivity index is 0.000000114. The number of carbonyl (C=O) groups is 1. The SMILES string of the molecule is O=C1[C@H](Cc2ccccc2)C[C@H]2CO[C@@H]1O2.O[C@@H]1[C@H](Cc2ccccc2)C[C@H]2CO[C@@H]1O2.O[C@H]1[C@H](Cc2ccccc2)C[C@H]2CO[C@@H]1O2. The van der Waals surface area contributed by atoms with E-state index in [0.717, 1.165) is 38.5 Å². The minimum absolute atomic E-state index is 0.0636. The van der Waals surface area contributed by atoms with Gasteiger partial charge in [0.25, 0.3) is 0 Å². The Hall–Kier alpha value is -2.99. The van der Waals surface area contributed by atoms with Crippen LogP contribution in [0.25, 0.3) is 0 Å². The monoisotopic (exact) mass is 658 g/mol. The topological polar surface area (TPSA) is 113 Å². The number of ketones is 1. The van der Waals surface area contributed by atoms with E-state index in [1.807, 2.05) is 54.6 Å². The second-order valence-electron chi connectivity index (χ2n) is 13.7. The second-order valence-corrected chi connectivity index (χ2v) is 13.7. The molecule has 0 amide bonds. The number of Topliss-reactive ketones (excluding diaryl/α,β-unsaturated/α-hetero) is 1. The van der Waals surface area contributed by atoms with Gasteiger partial charge in [0.2, 0.25) is 6.29 Å². The molecule has 6 heterocycles. The average molecular weight is 659 g/mol. The zero-order valence-corrected chi connectivity index (χ0v) is 27.1. The van der Waals surface area contributed by atoms with Gasteiger partial charge in [-0.15, -0.1) is 0 Å². The molecular weight excluding hydrogens is 612 g/mol. The number of benzene rings is 3. The Morgan fingerprint density at radius 2 is 0.938 bits per heavy atom. The first kappa shape index (κ1) is 33.5. The maximum atomic E-state index is 11.9. The zero-order chi connectivity index (χ0) is 32.9. The predicted molar refractivity (Wildman–Crippen MR) is 176 cm³/mol. The molecule has 6 aliphatic rings. The Labute approximate surface area is 282 Å². The number of rotatable bonds is 6. The average Bonchev–Trinajstić information content (AvgIpc) is 3.85. The van der Waals surface area contributed by atoms with E-state index in [2.05, 4.69) is 36.4 Å². The molecule has 6 aliphatic heterocycles. The van der Waals surface area contributed by atoms with Crippen LogP contribution in [0.2, 0.25) is 0 Å². The molecule has 48 heavy (non-hydrogen) atoms. The second kappa shape index (κ2) is 15.7. The molecular formula is C39H46O9. The molecule has 0 aliphatic carbocycles. The molecule has 0 saturated carbocycles. The molecule has 9 rings (SSSR count). The molecule has 0 spiro atoms. The van der Waals surface area contributed by atoms with Crippen LogP contribution < -0.4 is 0 Å². The zero-order valence-electron chi connectivity index (χ0n) is 27.1. The van der Waals surface area contributed by atoms with E-state index in [1.165, 1.54) is 16.7 Å². The number of carbonyl (C=O) groups excluding carboxylic acids is 1. The van der Waals surface area contributed by atoms with Crippen molar-refractivity contribution in [2.75, 3.05) is 19.8 Å². The smallest absolute Gasteiger partial charge is 0.218 e. The van der Waals surface area contributed by atoms with E-state index in [4.69, 9.17) is 28.4 Å². The molecule has 6 fully saturated rings. The summed E-state index contributed by atoms with van der Waals surface area (Å²) in [6, 6.07) is 30.7. The maximum absolute atomic E-state index is 11.9. The number of hydrogen-bond donors (Lipinski definition) is 2. The summed E-state index contributed by atoms with van der Waals surface area (Å²) in [6.07, 6.45) is 3.33. The van der Waals surface area contributed by atoms with Crippen molar-refractivity contribution in [2.24, 2.45) is 17.8 Å². The van der Waals surface area contributed by atoms with E-state index >= 15 is 0 Å². The summed E-state index contributed by atoms with van der Waals surface area (Å²) >= 11 is 0. The van der Waals surface area contributed by atoms with Crippen LogP contribution in [0.15, 0.2) is 91.0 Å². The third-order valence-corrected chi connectivity index (χ3v) is 10.1. The molecule has 3 aromatic rings. The lowest BCUT2D eigenvalue weighted by molar-refractivity contribution is -0.174. The Morgan fingerprint density at radius 1 is 0.521 bits per heavy atom. The predicted octanol–water partition coefficient (Wildman–Crippen LogP) is 4.26. The van der Waals surface area contributed by atoms with E-state index in [0.29, 0.717) is 19.8 Å². The van der Waals surface area contributed by atoms with Crippen LogP contribution in [0.3, 0.4) is 0 Å². The minimum atomic E-state index is -0.590. The highest BCUT2D eigenvalue weighted by atomic mass is 16.7. The van der Waals surface area contributed by atoms with Gasteiger partial charge in [-0.25, -0.2) is 0 Å². The number of aliphatic hydroxyl groups is 2. The van der Waals surface area contributed by atoms with Crippen molar-refractivity contribution in [1.29, 1.82) is 0 Å². The van der Waals surface area contributed by atoms with Crippen LogP contribution in [-0.2, 0) is 52.5 Å². The first-order valence-corrected chi connectivity index (χ1v) is 17.3. The molecule has 6 saturated heterocycles. The van der Waals surface area contributed by atoms with Gasteiger partial charge in [0.05, 0.1) is 38.1 Å². The maximum Gasteiger partial charge on any atom is 0.218 e. The summed E-state index contributed by atoms with van der Waals surface area (Å²) in [5.74, 6) is 0.688. The summed E-state index contributed by atoms with van der Waals surface area (Å²) < 4.78 is 32.5. The molecule has 3 aromatic carbocycles. The van der Waals surface area contributed by atoms with Crippen molar-refractivity contribution < 1.29 is 43.4 Å². The Morgan fingerprint density at radius 3 is 1.42 bits per heavy atom. The van der Waals surface area contributed by atoms with Gasteiger partial charge in [0.1, 0.15) is 12.2 Å². The largest absolute Gasteiger partial charge is 0.388 e. The molecule has 6 bridgehead atoms. The van der Waals surface area contributed by atoms with E-state index in [-0.39, 0.29) is 41.8 Å². The number of ether oxygens (including phenoxy) is 6. The fourth-order valence-electron chi connectivity index (χ4n) is 7.62. The van der Waals surface area contributed by atoms with E-state index in [1.54, 1.807) is 0 Å². The third-order valence-electron chi connectivity index (χ3n) is 10.1. The molecule has 0 radical (unpaired) electrons. The molecule has 256 valence electrons. The van der Waals surface area contributed by atoms with Crippen LogP contribution in [0, 0.1) is 17.8 Å². The highest BCUT2D eigenvalue weighted by Gasteiger charge is 2.44. The van der Waals surface area contributed by atoms with Gasteiger partial charge in [-0.2, -0.15) is 0 Å². The normalized spacial score (nSPS) is 36.0. The highest BCUT2D eigenvalue weighted by molar-refractivity contribution is 5.85. The van der Waals surface area contributed by atoms with Crippen molar-refractivity contribution in [2.45, 2.75) is 87.9 Å². The van der Waals surface area contributed by atoms with Crippen LogP contribution >= 0.6 is 0 Å². The fourth-order valence-corrected chi connectivity index (χ4v) is 7.62. The van der Waals surface area contributed by atoms with Crippen LogP contribution in [0.4, 0.5) is 0 Å². The van der Waals surface area contributed by atoms with Gasteiger partial charge >= 0.3 is 0 Å². The van der Waals surface area contributed by atoms with Gasteiger partial charge in [0, 0.05) is 5.92 Å². The summed E-state index contributed by atoms with van der Waals surface area (Å²) in [5, 5.41) is 20.1. The van der Waals surface area contributed by atoms with Crippen molar-refractivity contribution >= 4 is 5.78 Å². The van der Waals surface area contributed by atoms with Gasteiger partial charge < -0.3 is 38.6 Å². The van der Waals surface area contributed by atoms with Crippen molar-refractivity contribution in [3.05, 3.63) is 108 Å². The van der Waals surface area contributed by atoms with Gasteiger partial charge in [-0.05, 0) is 67.1 Å². The number of fused-ring (bicyclic) bond motifs is 6. The van der Waals surface area contributed by atoms with Crippen molar-refractivity contribution in [3.8, 4) is 0 Å². The summed E-state index contributed by atoms with van der Waals surface area (Å²) in [5.41, 5.74) is 3.75. The van der Waals surface area contributed by atoms with Crippen LogP contribution in [-0.4, -0.2) is 85.2 Å². The lowest BCUT2D eigenvalue weighted by atomic mass is 9.87. The number of aliphatic hydroxyl groups excluding tert-OH is 2. The fraction of sp³-hybridized carbons (Fsp3) is 0.513. The van der Waals surface area contributed by atoms with Crippen molar-refractivity contribution in [1.82, 2.24) is 0 Å². The van der Waals surface area contributed by atoms with Gasteiger partial charge in [-0.1, -0.05) is 91.0 Å². The molecule has 0 aromatic heterocycles. The standard InChI is InChI=1S/2C13H16O3.C13H14O3/c3*14-12-10(6-9-4-2-1-3-5-9)7-11-8-15-13(12)16-11/h2*1-5,10-14H,6-8H2;1-5,10-11,13H,6-8H2/t10-,11+,12+,13-;10-,11+,12-,13-;10-,11+,13-/m111/s1. The lowest BCUT2D eigenvalue weighted by Gasteiger charge is -2.31. The minimum Gasteiger partial charge on any atom is -0.388 e. The molecule has 9 nitrogen and oxygen atoms in total. The van der Waals surface area contributed by atoms with Gasteiger partial charge in [-0.3, -0.25) is 4.79 Å². The summed E-state index contributed by atoms with van der Waals surface area (Å²) in [6.45, 7) is 1.84. The first-order valence-electron chi connectivity index (χ1n) is 17.3. The highest BCUT2D eigenvalue weighted by Crippen LogP contribution is 2.35. The van der Waals surface area contributed by atoms with Crippen molar-refractivity contribution in [3.63, 3.8) is 0 Å². The summed E-state index contributed by atoms with van der Waals surface area (Å²) in [4.78, 5) is 11.9. The molecule has 9 heteroatoms. The first-order chi connectivity index (χ1) is 23.5. The van der Waals surface area contributed by atoms with Gasteiger partial charge in [0.15, 0.2) is 18.4 Å². The molecule has 2 N–H and O–H groups in total. The lowest BCUT2D eigenvalue weighted by Crippen LogP contribution is -2.41. The van der Waals surface area contributed by atoms with Crippen LogP contribution in [0.1, 0.15) is 36.0 Å². The van der Waals surface area contributed by atoms with E-state index in [9.17, 15) is 15.0 Å². The Bertz CT molecular complexity index is 1370. The van der Waals surface area contributed by atoms with E-state index < -0.39 is 31.1 Å². The quantitative estimate of drug-likeness (QED) is 0.401. The summed E-state index contributed by atoms with van der Waals surface area (Å²) in [7, 11) is 0. The van der Waals surface area contributed by atoms with Crippen LogP contribution in [0.5, 0.6) is 0 Å². The molecule has 0 unspecified atom stereocenters. The molecule has 11 atom stereocenters. The number of hydrogen-bond acceptors (Lipinski definition) is 9. The Kier molecular flexibility index (Phi) is 11.0.